The molecule has 6 aliphatic rings. The third-order valence-electron chi connectivity index (χ3n) is 18.0. The summed E-state index contributed by atoms with van der Waals surface area (Å²) in [5.74, 6) is 0.363. The van der Waals surface area contributed by atoms with Gasteiger partial charge >= 0.3 is 17.9 Å². The predicted molar refractivity (Wildman–Crippen MR) is 196 cm³/mol. The molecule has 51 heavy (non-hydrogen) atoms. The van der Waals surface area contributed by atoms with Crippen molar-refractivity contribution in [2.45, 2.75) is 165 Å². The molecule has 288 valence electrons. The number of carbonyl (C=O) groups is 4. The molecule has 0 aromatic heterocycles. The van der Waals surface area contributed by atoms with Crippen molar-refractivity contribution >= 4 is 23.8 Å². The van der Waals surface area contributed by atoms with Crippen molar-refractivity contribution in [3.05, 3.63) is 0 Å². The molecule has 6 rings (SSSR count). The zero-order valence-electron chi connectivity index (χ0n) is 33.6. The van der Waals surface area contributed by atoms with E-state index in [-0.39, 0.29) is 51.5 Å². The lowest BCUT2D eigenvalue weighted by Crippen LogP contribution is -2.68. The van der Waals surface area contributed by atoms with Crippen LogP contribution in [0.15, 0.2) is 0 Å². The molecule has 0 heterocycles. The fourth-order valence-electron chi connectivity index (χ4n) is 14.5. The first-order valence-electron chi connectivity index (χ1n) is 20.4. The maximum Gasteiger partial charge on any atom is 0.309 e. The van der Waals surface area contributed by atoms with Crippen molar-refractivity contribution in [3.8, 4) is 0 Å². The molecule has 8 heteroatoms. The molecular formula is C43H69NO7. The van der Waals surface area contributed by atoms with E-state index in [1.54, 1.807) is 13.8 Å². The Balaban J connectivity index is 1.25. The molecule has 0 aromatic carbocycles. The number of aliphatic carboxylic acids is 2. The largest absolute Gasteiger partial charge is 0.481 e. The van der Waals surface area contributed by atoms with Crippen molar-refractivity contribution < 1.29 is 34.1 Å². The van der Waals surface area contributed by atoms with Crippen molar-refractivity contribution in [2.75, 3.05) is 0 Å². The summed E-state index contributed by atoms with van der Waals surface area (Å²) in [6.07, 6.45) is 10.5. The Kier molecular flexibility index (Phi) is 9.23. The van der Waals surface area contributed by atoms with E-state index in [9.17, 15) is 29.4 Å². The van der Waals surface area contributed by atoms with Gasteiger partial charge in [0.15, 0.2) is 0 Å². The van der Waals surface area contributed by atoms with Gasteiger partial charge < -0.3 is 20.3 Å². The Morgan fingerprint density at radius 1 is 0.784 bits per heavy atom. The van der Waals surface area contributed by atoms with Gasteiger partial charge in [0.05, 0.1) is 23.2 Å². The number of carboxylic acid groups (broad SMARTS) is 2. The van der Waals surface area contributed by atoms with Crippen molar-refractivity contribution in [2.24, 2.45) is 79.3 Å². The molecule has 0 spiro atoms. The van der Waals surface area contributed by atoms with Gasteiger partial charge in [0.1, 0.15) is 6.10 Å². The number of hydrogen-bond acceptors (Lipinski definition) is 5. The SMILES string of the molecule is CC(C)[C@@H]1CC[C@]2(C(=O)N[C@@H]3C[C@H](C(=O)O)C3(C)C)CC[C@]3(C)C(CC[C@@H]4[C@@]5(C)CC[C@H](OC(=O)CC(C)(C)C(=O)O)C(C)(C)[C@@H]5CC[C@]43C)[C@@H]12. The smallest absolute Gasteiger partial charge is 0.309 e. The zero-order chi connectivity index (χ0) is 37.9. The number of hydrogen-bond donors (Lipinski definition) is 3. The number of carboxylic acids is 2. The molecule has 6 fully saturated rings. The second kappa shape index (κ2) is 12.2. The van der Waals surface area contributed by atoms with Gasteiger partial charge in [-0.15, -0.1) is 0 Å². The normalized spacial score (nSPS) is 45.3. The number of fused-ring (bicyclic) bond motifs is 7. The van der Waals surface area contributed by atoms with Gasteiger partial charge in [0.2, 0.25) is 5.91 Å². The fraction of sp³-hybridized carbons (Fsp3) is 0.907. The topological polar surface area (TPSA) is 130 Å². The van der Waals surface area contributed by atoms with Crippen LogP contribution < -0.4 is 5.32 Å². The highest BCUT2D eigenvalue weighted by atomic mass is 16.5. The van der Waals surface area contributed by atoms with Crippen LogP contribution in [0.2, 0.25) is 0 Å². The van der Waals surface area contributed by atoms with Crippen LogP contribution >= 0.6 is 0 Å². The second-order valence-corrected chi connectivity index (χ2v) is 21.5. The molecule has 0 aliphatic heterocycles. The monoisotopic (exact) mass is 712 g/mol. The molecule has 1 amide bonds. The van der Waals surface area contributed by atoms with Crippen LogP contribution in [0.3, 0.4) is 0 Å². The molecule has 12 atom stereocenters. The van der Waals surface area contributed by atoms with Crippen LogP contribution in [0.25, 0.3) is 0 Å². The quantitative estimate of drug-likeness (QED) is 0.215. The number of rotatable bonds is 8. The molecule has 1 unspecified atom stereocenters. The number of amides is 1. The van der Waals surface area contributed by atoms with Gasteiger partial charge in [-0.05, 0) is 142 Å². The van der Waals surface area contributed by atoms with Gasteiger partial charge in [0.25, 0.3) is 0 Å². The molecule has 0 saturated heterocycles. The van der Waals surface area contributed by atoms with Crippen LogP contribution in [-0.2, 0) is 23.9 Å². The molecule has 0 radical (unpaired) electrons. The highest BCUT2D eigenvalue weighted by molar-refractivity contribution is 5.85. The van der Waals surface area contributed by atoms with Crippen molar-refractivity contribution in [3.63, 3.8) is 0 Å². The Morgan fingerprint density at radius 2 is 1.45 bits per heavy atom. The summed E-state index contributed by atoms with van der Waals surface area (Å²) < 4.78 is 6.17. The van der Waals surface area contributed by atoms with E-state index in [0.29, 0.717) is 41.9 Å². The minimum atomic E-state index is -1.16. The lowest BCUT2D eigenvalue weighted by Gasteiger charge is -2.73. The number of nitrogens with one attached hydrogen (secondary N) is 1. The Hall–Kier alpha value is -2.12. The standard InChI is InChI=1S/C43H69NO7/c1-24(2)25-14-19-43(35(48)44-30-22-27(34(46)47)38(30,5)6)21-20-41(10)26(33(25)43)12-13-29-40(9)17-16-31(51-32(45)23-37(3,4)36(49)50)39(7,8)28(40)15-18-42(29,41)11/h24-31,33H,12-23H2,1-11H3,(H,44,48)(H,46,47)(H,49,50)/t25-,26?,27+,28-,29+,30+,31-,33+,40-,41+,42+,43-/m0/s1. The van der Waals surface area contributed by atoms with E-state index in [2.05, 4.69) is 53.8 Å². The van der Waals surface area contributed by atoms with E-state index in [0.717, 1.165) is 64.2 Å². The molecule has 8 nitrogen and oxygen atoms in total. The molecule has 0 bridgehead atoms. The number of ether oxygens (including phenoxy) is 1. The van der Waals surface area contributed by atoms with Crippen molar-refractivity contribution in [1.82, 2.24) is 5.32 Å². The first-order valence-corrected chi connectivity index (χ1v) is 20.4. The van der Waals surface area contributed by atoms with Crippen LogP contribution in [0.4, 0.5) is 0 Å². The van der Waals surface area contributed by atoms with Crippen LogP contribution in [-0.4, -0.2) is 46.2 Å². The lowest BCUT2D eigenvalue weighted by atomic mass is 9.32. The summed E-state index contributed by atoms with van der Waals surface area (Å²) in [5.41, 5.74) is -1.88. The van der Waals surface area contributed by atoms with Crippen LogP contribution in [0, 0.1) is 79.3 Å². The zero-order valence-corrected chi connectivity index (χ0v) is 33.6. The van der Waals surface area contributed by atoms with E-state index >= 15 is 0 Å². The first kappa shape index (κ1) is 38.6. The molecule has 0 aromatic rings. The average Bonchev–Trinajstić information content (AvgIpc) is 3.41. The summed E-state index contributed by atoms with van der Waals surface area (Å²) in [6.45, 7) is 24.2. The summed E-state index contributed by atoms with van der Waals surface area (Å²) in [4.78, 5) is 51.4. The number of esters is 1. The van der Waals surface area contributed by atoms with Gasteiger partial charge in [-0.1, -0.05) is 62.3 Å². The summed E-state index contributed by atoms with van der Waals surface area (Å²) >= 11 is 0. The summed E-state index contributed by atoms with van der Waals surface area (Å²) in [6, 6.07) is -0.0996. The third-order valence-corrected chi connectivity index (χ3v) is 18.0. The van der Waals surface area contributed by atoms with E-state index in [4.69, 9.17) is 4.74 Å². The molecule has 3 N–H and O–H groups in total. The second-order valence-electron chi connectivity index (χ2n) is 21.5. The Bertz CT molecular complexity index is 1450. The maximum atomic E-state index is 14.7. The summed E-state index contributed by atoms with van der Waals surface area (Å²) in [7, 11) is 0. The van der Waals surface area contributed by atoms with E-state index in [1.807, 2.05) is 13.8 Å². The van der Waals surface area contributed by atoms with Crippen LogP contribution in [0.1, 0.15) is 153 Å². The fourth-order valence-corrected chi connectivity index (χ4v) is 14.5. The van der Waals surface area contributed by atoms with Gasteiger partial charge in [0, 0.05) is 11.5 Å². The number of carbonyl (C=O) groups excluding carboxylic acids is 2. The van der Waals surface area contributed by atoms with Crippen LogP contribution in [0.5, 0.6) is 0 Å². The molecule has 6 aliphatic carbocycles. The highest BCUT2D eigenvalue weighted by Gasteiger charge is 2.72. The minimum Gasteiger partial charge on any atom is -0.481 e. The minimum absolute atomic E-state index is 0.0996. The van der Waals surface area contributed by atoms with Gasteiger partial charge in [-0.3, -0.25) is 19.2 Å². The van der Waals surface area contributed by atoms with E-state index < -0.39 is 34.7 Å². The predicted octanol–water partition coefficient (Wildman–Crippen LogP) is 8.75. The van der Waals surface area contributed by atoms with E-state index in [1.165, 1.54) is 0 Å². The van der Waals surface area contributed by atoms with Crippen molar-refractivity contribution in [1.29, 1.82) is 0 Å². The average molecular weight is 712 g/mol. The summed E-state index contributed by atoms with van der Waals surface area (Å²) in [5, 5.41) is 22.8. The first-order chi connectivity index (χ1) is 23.4. The van der Waals surface area contributed by atoms with Gasteiger partial charge in [-0.2, -0.15) is 0 Å². The highest BCUT2D eigenvalue weighted by Crippen LogP contribution is 2.77. The Labute approximate surface area is 307 Å². The third kappa shape index (κ3) is 5.46. The van der Waals surface area contributed by atoms with Gasteiger partial charge in [-0.25, -0.2) is 0 Å². The molecule has 6 saturated carbocycles. The lowest BCUT2D eigenvalue weighted by molar-refractivity contribution is -0.250. The molecular weight excluding hydrogens is 642 g/mol. The maximum absolute atomic E-state index is 14.7. The Morgan fingerprint density at radius 3 is 2.04 bits per heavy atom.